The van der Waals surface area contributed by atoms with Gasteiger partial charge in [0.25, 0.3) is 16.4 Å². The standard InChI is InChI=1S/C13H11F2N3O3S2/c1-7-4-2-3-5-8(7)12-11(19)10-13(17-22-16-10)18(6-9(14)15)23(12,20)21/h2-5,9,19H,6H2,1H3. The Morgan fingerprint density at radius 1 is 1.30 bits per heavy atom. The molecule has 0 spiro atoms. The van der Waals surface area contributed by atoms with E-state index in [0.29, 0.717) is 21.6 Å². The molecule has 1 aliphatic heterocycles. The second-order valence-electron chi connectivity index (χ2n) is 4.86. The maximum absolute atomic E-state index is 12.8. The number of fused-ring (bicyclic) bond motifs is 1. The summed E-state index contributed by atoms with van der Waals surface area (Å²) in [6.45, 7) is 0.612. The van der Waals surface area contributed by atoms with Crippen molar-refractivity contribution < 1.29 is 22.3 Å². The summed E-state index contributed by atoms with van der Waals surface area (Å²) in [5.74, 6) is -0.848. The van der Waals surface area contributed by atoms with Crippen molar-refractivity contribution in [3.8, 4) is 0 Å². The lowest BCUT2D eigenvalue weighted by Crippen LogP contribution is -2.39. The second-order valence-corrected chi connectivity index (χ2v) is 7.18. The van der Waals surface area contributed by atoms with E-state index in [1.54, 1.807) is 25.1 Å². The Labute approximate surface area is 135 Å². The summed E-state index contributed by atoms with van der Waals surface area (Å²) >= 11 is 0.647. The van der Waals surface area contributed by atoms with Crippen molar-refractivity contribution in [1.29, 1.82) is 0 Å². The highest BCUT2D eigenvalue weighted by atomic mass is 32.2. The lowest BCUT2D eigenvalue weighted by atomic mass is 10.1. The maximum atomic E-state index is 12.8. The number of rotatable bonds is 3. The Morgan fingerprint density at radius 2 is 2.00 bits per heavy atom. The fourth-order valence-electron chi connectivity index (χ4n) is 2.35. The summed E-state index contributed by atoms with van der Waals surface area (Å²) in [7, 11) is -4.38. The van der Waals surface area contributed by atoms with Crippen LogP contribution in [0.2, 0.25) is 0 Å². The number of hydrogen-bond donors (Lipinski definition) is 1. The largest absolute Gasteiger partial charge is 0.504 e. The minimum absolute atomic E-state index is 0.108. The molecule has 0 radical (unpaired) electrons. The normalized spacial score (nSPS) is 16.8. The molecule has 1 aromatic heterocycles. The van der Waals surface area contributed by atoms with E-state index in [2.05, 4.69) is 8.75 Å². The molecule has 0 unspecified atom stereocenters. The number of nitrogens with zero attached hydrogens (tertiary/aromatic N) is 3. The monoisotopic (exact) mass is 359 g/mol. The van der Waals surface area contributed by atoms with Gasteiger partial charge in [-0.15, -0.1) is 0 Å². The van der Waals surface area contributed by atoms with E-state index in [9.17, 15) is 22.3 Å². The first-order valence-electron chi connectivity index (χ1n) is 6.47. The summed E-state index contributed by atoms with van der Waals surface area (Å²) in [5.41, 5.74) is 0.716. The molecule has 122 valence electrons. The van der Waals surface area contributed by atoms with E-state index in [1.165, 1.54) is 6.07 Å². The number of aryl methyl sites for hydroxylation is 1. The van der Waals surface area contributed by atoms with Crippen molar-refractivity contribution in [3.63, 3.8) is 0 Å². The fraction of sp³-hybridized carbons (Fsp3) is 0.231. The van der Waals surface area contributed by atoms with Gasteiger partial charge in [-0.2, -0.15) is 8.75 Å². The number of anilines is 1. The van der Waals surface area contributed by atoms with Crippen LogP contribution < -0.4 is 4.31 Å². The molecule has 0 bridgehead atoms. The third-order valence-electron chi connectivity index (χ3n) is 3.39. The molecule has 2 heterocycles. The molecule has 10 heteroatoms. The van der Waals surface area contributed by atoms with Gasteiger partial charge in [0, 0.05) is 5.56 Å². The van der Waals surface area contributed by atoms with Crippen LogP contribution in [0.25, 0.3) is 10.7 Å². The van der Waals surface area contributed by atoms with Gasteiger partial charge in [0.15, 0.2) is 17.3 Å². The number of sulfonamides is 1. The molecule has 0 atom stereocenters. The van der Waals surface area contributed by atoms with Gasteiger partial charge < -0.3 is 5.11 Å². The van der Waals surface area contributed by atoms with Gasteiger partial charge in [0.2, 0.25) is 0 Å². The van der Waals surface area contributed by atoms with Crippen molar-refractivity contribution in [2.45, 2.75) is 13.3 Å². The lowest BCUT2D eigenvalue weighted by Gasteiger charge is -2.28. The molecular formula is C13H11F2N3O3S2. The lowest BCUT2D eigenvalue weighted by molar-refractivity contribution is 0.159. The van der Waals surface area contributed by atoms with Crippen LogP contribution in [0.5, 0.6) is 0 Å². The first kappa shape index (κ1) is 15.8. The van der Waals surface area contributed by atoms with Crippen LogP contribution >= 0.6 is 11.7 Å². The molecule has 2 aromatic rings. The number of aliphatic hydroxyl groups excluding tert-OH is 1. The van der Waals surface area contributed by atoms with Crippen LogP contribution in [0.1, 0.15) is 16.8 Å². The Kier molecular flexibility index (Phi) is 3.80. The average Bonchev–Trinajstić information content (AvgIpc) is 2.94. The number of alkyl halides is 2. The highest BCUT2D eigenvalue weighted by Gasteiger charge is 2.42. The molecule has 1 aromatic carbocycles. The Bertz CT molecular complexity index is 893. The number of aromatic nitrogens is 2. The van der Waals surface area contributed by atoms with E-state index in [1.807, 2.05) is 0 Å². The zero-order valence-electron chi connectivity index (χ0n) is 11.8. The quantitative estimate of drug-likeness (QED) is 0.911. The Morgan fingerprint density at radius 3 is 2.65 bits per heavy atom. The maximum Gasteiger partial charge on any atom is 0.270 e. The van der Waals surface area contributed by atoms with Crippen molar-refractivity contribution in [1.82, 2.24) is 8.75 Å². The van der Waals surface area contributed by atoms with E-state index in [4.69, 9.17) is 0 Å². The van der Waals surface area contributed by atoms with Crippen LogP contribution in [0, 0.1) is 6.92 Å². The van der Waals surface area contributed by atoms with Crippen LogP contribution in [0.15, 0.2) is 24.3 Å². The molecule has 0 saturated heterocycles. The molecule has 1 N–H and O–H groups in total. The highest BCUT2D eigenvalue weighted by Crippen LogP contribution is 2.42. The predicted molar refractivity (Wildman–Crippen MR) is 82.8 cm³/mol. The van der Waals surface area contributed by atoms with Gasteiger partial charge >= 0.3 is 0 Å². The predicted octanol–water partition coefficient (Wildman–Crippen LogP) is 2.65. The van der Waals surface area contributed by atoms with Crippen molar-refractivity contribution in [2.75, 3.05) is 10.8 Å². The van der Waals surface area contributed by atoms with Crippen molar-refractivity contribution in [3.05, 3.63) is 41.1 Å². The molecule has 3 rings (SSSR count). The van der Waals surface area contributed by atoms with Gasteiger partial charge in [-0.3, -0.25) is 0 Å². The Balaban J connectivity index is 2.30. The van der Waals surface area contributed by atoms with E-state index < -0.39 is 33.7 Å². The molecule has 0 saturated carbocycles. The summed E-state index contributed by atoms with van der Waals surface area (Å²) in [5, 5.41) is 10.4. The first-order valence-corrected chi connectivity index (χ1v) is 8.64. The zero-order chi connectivity index (χ0) is 16.8. The summed E-state index contributed by atoms with van der Waals surface area (Å²) in [6, 6.07) is 6.48. The van der Waals surface area contributed by atoms with Crippen LogP contribution in [-0.4, -0.2) is 35.2 Å². The van der Waals surface area contributed by atoms with Gasteiger partial charge in [0.1, 0.15) is 4.91 Å². The van der Waals surface area contributed by atoms with Crippen molar-refractivity contribution >= 4 is 38.2 Å². The highest BCUT2D eigenvalue weighted by molar-refractivity contribution is 8.02. The molecule has 1 aliphatic rings. The summed E-state index contributed by atoms with van der Waals surface area (Å²) in [4.78, 5) is -0.434. The molecule has 0 aliphatic carbocycles. The van der Waals surface area contributed by atoms with Gasteiger partial charge in [0.05, 0.1) is 18.3 Å². The van der Waals surface area contributed by atoms with Gasteiger partial charge in [-0.1, -0.05) is 24.3 Å². The van der Waals surface area contributed by atoms with Crippen LogP contribution in [-0.2, 0) is 10.0 Å². The van der Waals surface area contributed by atoms with E-state index >= 15 is 0 Å². The van der Waals surface area contributed by atoms with Crippen LogP contribution in [0.4, 0.5) is 14.6 Å². The minimum Gasteiger partial charge on any atom is -0.504 e. The van der Waals surface area contributed by atoms with E-state index in [-0.39, 0.29) is 17.1 Å². The topological polar surface area (TPSA) is 83.4 Å². The molecule has 0 amide bonds. The molecular weight excluding hydrogens is 348 g/mol. The second kappa shape index (κ2) is 5.53. The third-order valence-corrected chi connectivity index (χ3v) is 5.74. The number of aliphatic hydroxyl groups is 1. The average molecular weight is 359 g/mol. The fourth-order valence-corrected chi connectivity index (χ4v) is 4.69. The smallest absolute Gasteiger partial charge is 0.270 e. The first-order chi connectivity index (χ1) is 10.8. The van der Waals surface area contributed by atoms with E-state index in [0.717, 1.165) is 0 Å². The minimum atomic E-state index is -4.38. The summed E-state index contributed by atoms with van der Waals surface area (Å²) in [6.07, 6.45) is -2.89. The molecule has 6 nitrogen and oxygen atoms in total. The number of benzene rings is 1. The number of halogens is 2. The molecule has 0 fully saturated rings. The zero-order valence-corrected chi connectivity index (χ0v) is 13.4. The third kappa shape index (κ3) is 2.47. The molecule has 23 heavy (non-hydrogen) atoms. The van der Waals surface area contributed by atoms with Crippen molar-refractivity contribution in [2.24, 2.45) is 0 Å². The van der Waals surface area contributed by atoms with Crippen LogP contribution in [0.3, 0.4) is 0 Å². The van der Waals surface area contributed by atoms with Gasteiger partial charge in [-0.05, 0) is 12.5 Å². The Hall–Kier alpha value is -2.07. The summed E-state index contributed by atoms with van der Waals surface area (Å²) < 4.78 is 59.3. The SMILES string of the molecule is Cc1ccccc1C1=C(O)c2nsnc2N(CC(F)F)S1(=O)=O. The van der Waals surface area contributed by atoms with Gasteiger partial charge in [-0.25, -0.2) is 21.5 Å². The number of hydrogen-bond acceptors (Lipinski definition) is 6.